The second-order valence-electron chi connectivity index (χ2n) is 5.29. The van der Waals surface area contributed by atoms with Gasteiger partial charge in [-0.2, -0.15) is 0 Å². The fourth-order valence-corrected chi connectivity index (χ4v) is 3.48. The summed E-state index contributed by atoms with van der Waals surface area (Å²) in [6, 6.07) is 1.56. The molecule has 23 heavy (non-hydrogen) atoms. The molecule has 1 unspecified atom stereocenters. The van der Waals surface area contributed by atoms with Gasteiger partial charge >= 0.3 is 0 Å². The van der Waals surface area contributed by atoms with E-state index in [1.807, 2.05) is 0 Å². The third-order valence-corrected chi connectivity index (χ3v) is 4.65. The molecule has 0 spiro atoms. The number of aromatic nitrogens is 2. The number of nitrogens with zero attached hydrogens (tertiary/aromatic N) is 3. The smallest absolute Gasteiger partial charge is 0.279 e. The van der Waals surface area contributed by atoms with Gasteiger partial charge in [-0.1, -0.05) is 16.5 Å². The third-order valence-electron chi connectivity index (χ3n) is 3.46. The Kier molecular flexibility index (Phi) is 4.36. The van der Waals surface area contributed by atoms with E-state index in [2.05, 4.69) is 15.5 Å². The number of thiazole rings is 1. The molecule has 1 N–H and O–H groups in total. The molecular weight excluding hydrogens is 340 g/mol. The summed E-state index contributed by atoms with van der Waals surface area (Å²) < 4.78 is 4.88. The highest BCUT2D eigenvalue weighted by atomic mass is 35.5. The summed E-state index contributed by atoms with van der Waals surface area (Å²) in [5.41, 5.74) is 1.12. The van der Waals surface area contributed by atoms with Crippen LogP contribution >= 0.6 is 22.9 Å². The highest BCUT2D eigenvalue weighted by Gasteiger charge is 2.26. The van der Waals surface area contributed by atoms with E-state index in [0.717, 1.165) is 10.6 Å². The molecule has 9 heteroatoms. The quantitative estimate of drug-likeness (QED) is 0.854. The monoisotopic (exact) mass is 354 g/mol. The van der Waals surface area contributed by atoms with Crippen LogP contribution in [0.2, 0.25) is 0 Å². The number of amides is 2. The predicted molar refractivity (Wildman–Crippen MR) is 85.7 cm³/mol. The van der Waals surface area contributed by atoms with Crippen molar-refractivity contribution in [1.29, 1.82) is 0 Å². The zero-order valence-electron chi connectivity index (χ0n) is 12.6. The number of carbonyl (C=O) groups is 2. The minimum atomic E-state index is -0.543. The van der Waals surface area contributed by atoms with Gasteiger partial charge in [0.05, 0.1) is 12.2 Å². The Bertz CT molecular complexity index is 755. The fourth-order valence-electron chi connectivity index (χ4n) is 2.32. The molecule has 2 aromatic heterocycles. The molecule has 2 aromatic rings. The average molecular weight is 355 g/mol. The summed E-state index contributed by atoms with van der Waals surface area (Å²) in [4.78, 5) is 31.1. The van der Waals surface area contributed by atoms with Crippen LogP contribution in [0.3, 0.4) is 0 Å². The largest absolute Gasteiger partial charge is 0.361 e. The van der Waals surface area contributed by atoms with Crippen LogP contribution in [0.15, 0.2) is 10.6 Å². The zero-order chi connectivity index (χ0) is 16.6. The van der Waals surface area contributed by atoms with E-state index in [-0.39, 0.29) is 17.5 Å². The van der Waals surface area contributed by atoms with Crippen LogP contribution in [-0.2, 0) is 17.8 Å². The molecule has 1 aliphatic heterocycles. The molecule has 0 saturated heterocycles. The highest BCUT2D eigenvalue weighted by Crippen LogP contribution is 2.29. The Morgan fingerprint density at radius 2 is 2.30 bits per heavy atom. The van der Waals surface area contributed by atoms with Crippen molar-refractivity contribution >= 4 is 39.9 Å². The fraction of sp³-hybridized carbons (Fsp3) is 0.429. The van der Waals surface area contributed by atoms with Gasteiger partial charge in [0.15, 0.2) is 10.8 Å². The first-order valence-electron chi connectivity index (χ1n) is 7.10. The average Bonchev–Trinajstić information content (AvgIpc) is 3.11. The standard InChI is InChI=1S/C14H15ClN4O3S/c1-7-5-10(18-22-7)12(20)17-14-16-9-3-4-19(6-11(9)23-14)13(21)8(2)15/h5,8H,3-4,6H2,1-2H3,(H,16,17,20). The Morgan fingerprint density at radius 3 is 2.96 bits per heavy atom. The van der Waals surface area contributed by atoms with Crippen LogP contribution < -0.4 is 5.32 Å². The second-order valence-corrected chi connectivity index (χ2v) is 7.03. The van der Waals surface area contributed by atoms with Gasteiger partial charge in [0.25, 0.3) is 5.91 Å². The van der Waals surface area contributed by atoms with E-state index in [0.29, 0.717) is 30.4 Å². The maximum atomic E-state index is 12.1. The van der Waals surface area contributed by atoms with Crippen LogP contribution in [0.1, 0.15) is 33.7 Å². The lowest BCUT2D eigenvalue weighted by atomic mass is 10.1. The maximum absolute atomic E-state index is 12.1. The number of rotatable bonds is 3. The topological polar surface area (TPSA) is 88.3 Å². The second kappa shape index (κ2) is 6.29. The van der Waals surface area contributed by atoms with Crippen molar-refractivity contribution in [2.75, 3.05) is 11.9 Å². The van der Waals surface area contributed by atoms with Gasteiger partial charge < -0.3 is 9.42 Å². The summed E-state index contributed by atoms with van der Waals surface area (Å²) in [6.45, 7) is 4.44. The Morgan fingerprint density at radius 1 is 1.52 bits per heavy atom. The number of hydrogen-bond acceptors (Lipinski definition) is 6. The Balaban J connectivity index is 1.71. The van der Waals surface area contributed by atoms with Crippen LogP contribution in [0, 0.1) is 6.92 Å². The van der Waals surface area contributed by atoms with Crippen molar-refractivity contribution in [1.82, 2.24) is 15.0 Å². The van der Waals surface area contributed by atoms with E-state index in [1.165, 1.54) is 11.3 Å². The first kappa shape index (κ1) is 15.9. The Hall–Kier alpha value is -1.93. The van der Waals surface area contributed by atoms with Crippen molar-refractivity contribution in [2.45, 2.75) is 32.2 Å². The lowest BCUT2D eigenvalue weighted by molar-refractivity contribution is -0.131. The highest BCUT2D eigenvalue weighted by molar-refractivity contribution is 7.15. The van der Waals surface area contributed by atoms with Gasteiger partial charge in [-0.05, 0) is 13.8 Å². The first-order chi connectivity index (χ1) is 10.9. The molecule has 1 aliphatic rings. The van der Waals surface area contributed by atoms with E-state index in [4.69, 9.17) is 16.1 Å². The summed E-state index contributed by atoms with van der Waals surface area (Å²) in [6.07, 6.45) is 0.653. The number of hydrogen-bond donors (Lipinski definition) is 1. The van der Waals surface area contributed by atoms with Gasteiger partial charge in [-0.25, -0.2) is 4.98 Å². The lowest BCUT2D eigenvalue weighted by Crippen LogP contribution is -2.39. The summed E-state index contributed by atoms with van der Waals surface area (Å²) >= 11 is 7.22. The molecule has 3 heterocycles. The van der Waals surface area contributed by atoms with Crippen LogP contribution in [0.5, 0.6) is 0 Å². The van der Waals surface area contributed by atoms with Gasteiger partial charge in [0, 0.05) is 23.9 Å². The van der Waals surface area contributed by atoms with Crippen molar-refractivity contribution in [3.8, 4) is 0 Å². The molecule has 0 aromatic carbocycles. The van der Waals surface area contributed by atoms with E-state index < -0.39 is 5.38 Å². The number of carbonyl (C=O) groups excluding carboxylic acids is 2. The van der Waals surface area contributed by atoms with E-state index in [9.17, 15) is 9.59 Å². The van der Waals surface area contributed by atoms with Gasteiger partial charge in [-0.15, -0.1) is 11.6 Å². The molecule has 0 fully saturated rings. The first-order valence-corrected chi connectivity index (χ1v) is 8.35. The van der Waals surface area contributed by atoms with Crippen LogP contribution in [-0.4, -0.2) is 38.8 Å². The molecule has 122 valence electrons. The van der Waals surface area contributed by atoms with E-state index in [1.54, 1.807) is 24.8 Å². The van der Waals surface area contributed by atoms with Gasteiger partial charge in [-0.3, -0.25) is 14.9 Å². The van der Waals surface area contributed by atoms with Crippen LogP contribution in [0.25, 0.3) is 0 Å². The van der Waals surface area contributed by atoms with Crippen LogP contribution in [0.4, 0.5) is 5.13 Å². The van der Waals surface area contributed by atoms with Crippen molar-refractivity contribution in [2.24, 2.45) is 0 Å². The van der Waals surface area contributed by atoms with E-state index >= 15 is 0 Å². The summed E-state index contributed by atoms with van der Waals surface area (Å²) in [7, 11) is 0. The number of aryl methyl sites for hydroxylation is 1. The van der Waals surface area contributed by atoms with Gasteiger partial charge in [0.1, 0.15) is 11.1 Å². The Labute approximate surface area is 141 Å². The molecule has 0 radical (unpaired) electrons. The number of halogens is 1. The minimum Gasteiger partial charge on any atom is -0.361 e. The predicted octanol–water partition coefficient (Wildman–Crippen LogP) is 2.20. The lowest BCUT2D eigenvalue weighted by Gasteiger charge is -2.26. The number of anilines is 1. The van der Waals surface area contributed by atoms with Crippen molar-refractivity contribution in [3.05, 3.63) is 28.1 Å². The number of fused-ring (bicyclic) bond motifs is 1. The molecule has 7 nitrogen and oxygen atoms in total. The molecule has 2 amide bonds. The normalized spacial score (nSPS) is 15.2. The SMILES string of the molecule is Cc1cc(C(=O)Nc2nc3c(s2)CN(C(=O)C(C)Cl)CC3)no1. The summed E-state index contributed by atoms with van der Waals surface area (Å²) in [5.74, 6) is 0.113. The number of nitrogens with one attached hydrogen (secondary N) is 1. The molecule has 0 bridgehead atoms. The molecule has 0 aliphatic carbocycles. The molecule has 0 saturated carbocycles. The zero-order valence-corrected chi connectivity index (χ0v) is 14.2. The third kappa shape index (κ3) is 3.37. The molecule has 3 rings (SSSR count). The molecule has 1 atom stereocenters. The van der Waals surface area contributed by atoms with Crippen molar-refractivity contribution in [3.63, 3.8) is 0 Å². The minimum absolute atomic E-state index is 0.0885. The summed E-state index contributed by atoms with van der Waals surface area (Å²) in [5, 5.41) is 6.33. The number of alkyl halides is 1. The maximum Gasteiger partial charge on any atom is 0.279 e. The van der Waals surface area contributed by atoms with Crippen molar-refractivity contribution < 1.29 is 14.1 Å². The van der Waals surface area contributed by atoms with Gasteiger partial charge in [0.2, 0.25) is 5.91 Å². The molecular formula is C14H15ClN4O3S.